The van der Waals surface area contributed by atoms with E-state index in [1.54, 1.807) is 29.4 Å². The summed E-state index contributed by atoms with van der Waals surface area (Å²) < 4.78 is 14.1. The van der Waals surface area contributed by atoms with Gasteiger partial charge in [-0.05, 0) is 43.0 Å². The number of anilines is 1. The van der Waals surface area contributed by atoms with Crippen LogP contribution in [0.5, 0.6) is 0 Å². The third kappa shape index (κ3) is 4.80. The molecule has 4 rings (SSSR count). The van der Waals surface area contributed by atoms with Crippen molar-refractivity contribution in [1.29, 1.82) is 0 Å². The van der Waals surface area contributed by atoms with E-state index in [9.17, 15) is 9.18 Å². The van der Waals surface area contributed by atoms with Crippen LogP contribution in [0.25, 0.3) is 11.4 Å². The second kappa shape index (κ2) is 9.34. The lowest BCUT2D eigenvalue weighted by Gasteiger charge is -2.40. The Hall–Kier alpha value is -3.13. The summed E-state index contributed by atoms with van der Waals surface area (Å²) in [7, 11) is 0. The number of hydrogen-bond donors (Lipinski definition) is 1. The second-order valence-electron chi connectivity index (χ2n) is 7.55. The van der Waals surface area contributed by atoms with Gasteiger partial charge >= 0.3 is 0 Å². The molecular formula is C22H22ClFN6O. The molecule has 31 heavy (non-hydrogen) atoms. The van der Waals surface area contributed by atoms with E-state index in [1.807, 2.05) is 0 Å². The number of nitrogens with zero attached hydrogens (tertiary/aromatic N) is 5. The Morgan fingerprint density at radius 2 is 1.97 bits per heavy atom. The van der Waals surface area contributed by atoms with E-state index in [-0.39, 0.29) is 23.4 Å². The van der Waals surface area contributed by atoms with Crippen molar-refractivity contribution < 1.29 is 9.18 Å². The lowest BCUT2D eigenvalue weighted by Crippen LogP contribution is -2.51. The molecule has 3 heterocycles. The fourth-order valence-corrected chi connectivity index (χ4v) is 3.99. The minimum Gasteiger partial charge on any atom is -0.352 e. The molecule has 1 saturated heterocycles. The average molecular weight is 441 g/mol. The molecule has 0 radical (unpaired) electrons. The molecule has 9 heteroatoms. The molecule has 7 nitrogen and oxygen atoms in total. The molecule has 2 atom stereocenters. The van der Waals surface area contributed by atoms with Crippen molar-refractivity contribution in [3.63, 3.8) is 0 Å². The van der Waals surface area contributed by atoms with Crippen LogP contribution in [0.15, 0.2) is 49.1 Å². The maximum atomic E-state index is 14.1. The van der Waals surface area contributed by atoms with E-state index in [0.717, 1.165) is 12.8 Å². The first-order valence-corrected chi connectivity index (χ1v) is 10.5. The zero-order valence-electron chi connectivity index (χ0n) is 17.0. The Balaban J connectivity index is 1.61. The van der Waals surface area contributed by atoms with Crippen LogP contribution in [0.3, 0.4) is 0 Å². The summed E-state index contributed by atoms with van der Waals surface area (Å²) in [6.45, 7) is 3.17. The van der Waals surface area contributed by atoms with Crippen molar-refractivity contribution >= 4 is 23.5 Å². The molecule has 1 aliphatic heterocycles. The number of piperidine rings is 1. The molecule has 1 unspecified atom stereocenters. The van der Waals surface area contributed by atoms with Gasteiger partial charge < -0.3 is 10.2 Å². The number of carbonyl (C=O) groups is 1. The minimum absolute atomic E-state index is 0.103. The summed E-state index contributed by atoms with van der Waals surface area (Å²) in [6, 6.07) is 5.73. The van der Waals surface area contributed by atoms with E-state index < -0.39 is 5.82 Å². The van der Waals surface area contributed by atoms with E-state index in [2.05, 4.69) is 32.2 Å². The summed E-state index contributed by atoms with van der Waals surface area (Å²) in [5.41, 5.74) is 0.769. The second-order valence-corrected chi connectivity index (χ2v) is 7.99. The molecule has 1 amide bonds. The zero-order valence-corrected chi connectivity index (χ0v) is 17.8. The molecule has 1 aliphatic rings. The first-order valence-electron chi connectivity index (χ1n) is 10.1. The largest absolute Gasteiger partial charge is 0.352 e. The molecule has 1 fully saturated rings. The fraction of sp³-hybridized carbons (Fsp3) is 0.318. The maximum absolute atomic E-state index is 14.1. The molecule has 1 N–H and O–H groups in total. The number of nitrogens with one attached hydrogen (secondary N) is 1. The molecule has 3 aromatic rings. The predicted octanol–water partition coefficient (Wildman–Crippen LogP) is 4.08. The third-order valence-electron chi connectivity index (χ3n) is 5.48. The Kier molecular flexibility index (Phi) is 6.36. The molecule has 0 saturated carbocycles. The van der Waals surface area contributed by atoms with Crippen LogP contribution in [0.4, 0.5) is 10.3 Å². The van der Waals surface area contributed by atoms with Crippen LogP contribution in [-0.2, 0) is 0 Å². The average Bonchev–Trinajstić information content (AvgIpc) is 2.79. The van der Waals surface area contributed by atoms with Gasteiger partial charge in [0.1, 0.15) is 5.82 Å². The highest BCUT2D eigenvalue weighted by Crippen LogP contribution is 2.29. The van der Waals surface area contributed by atoms with Gasteiger partial charge in [-0.15, -0.1) is 0 Å². The van der Waals surface area contributed by atoms with Gasteiger partial charge in [0, 0.05) is 31.0 Å². The standard InChI is InChI=1S/C22H22ClFN6O/c1-14-4-2-9-30(19(14)13-29-22-27-11-15(23)12-28-22)21(31)18-10-16(24)5-6-17(18)20-25-7-3-8-26-20/h3,5-8,10-12,14,19H,2,4,9,13H2,1H3,(H,27,28,29)/t14?,19-/m1/s1. The van der Waals surface area contributed by atoms with Crippen LogP contribution in [0.1, 0.15) is 30.1 Å². The van der Waals surface area contributed by atoms with Gasteiger partial charge in [-0.1, -0.05) is 18.5 Å². The number of halogens is 2. The lowest BCUT2D eigenvalue weighted by molar-refractivity contribution is 0.0540. The van der Waals surface area contributed by atoms with Crippen LogP contribution < -0.4 is 5.32 Å². The first kappa shape index (κ1) is 21.1. The predicted molar refractivity (Wildman–Crippen MR) is 116 cm³/mol. The number of carbonyl (C=O) groups excluding carboxylic acids is 1. The van der Waals surface area contributed by atoms with Gasteiger partial charge in [-0.25, -0.2) is 24.3 Å². The number of amides is 1. The number of likely N-dealkylation sites (tertiary alicyclic amines) is 1. The quantitative estimate of drug-likeness (QED) is 0.643. The fourth-order valence-electron chi connectivity index (χ4n) is 3.89. The van der Waals surface area contributed by atoms with Crippen molar-refractivity contribution in [3.05, 3.63) is 65.5 Å². The van der Waals surface area contributed by atoms with Gasteiger partial charge in [0.05, 0.1) is 29.0 Å². The molecule has 0 bridgehead atoms. The zero-order chi connectivity index (χ0) is 21.8. The molecule has 160 valence electrons. The van der Waals surface area contributed by atoms with Crippen molar-refractivity contribution in [3.8, 4) is 11.4 Å². The SMILES string of the molecule is CC1CCCN(C(=O)c2cc(F)ccc2-c2ncccn2)[C@@H]1CNc1ncc(Cl)cn1. The normalized spacial score (nSPS) is 18.6. The highest BCUT2D eigenvalue weighted by atomic mass is 35.5. The van der Waals surface area contributed by atoms with E-state index in [4.69, 9.17) is 11.6 Å². The van der Waals surface area contributed by atoms with Crippen LogP contribution in [0.2, 0.25) is 5.02 Å². The summed E-state index contributed by atoms with van der Waals surface area (Å²) in [4.78, 5) is 32.2. The summed E-state index contributed by atoms with van der Waals surface area (Å²) in [6.07, 6.45) is 8.11. The number of aromatic nitrogens is 4. The Labute approximate surface area is 184 Å². The van der Waals surface area contributed by atoms with Gasteiger partial charge in [0.15, 0.2) is 5.82 Å². The molecule has 2 aromatic heterocycles. The van der Waals surface area contributed by atoms with E-state index in [0.29, 0.717) is 35.4 Å². The van der Waals surface area contributed by atoms with E-state index in [1.165, 1.54) is 24.5 Å². The number of benzene rings is 1. The summed E-state index contributed by atoms with van der Waals surface area (Å²) in [5.74, 6) is 0.371. The maximum Gasteiger partial charge on any atom is 0.255 e. The van der Waals surface area contributed by atoms with Crippen molar-refractivity contribution in [2.45, 2.75) is 25.8 Å². The Bertz CT molecular complexity index is 1050. The van der Waals surface area contributed by atoms with Gasteiger partial charge in [0.2, 0.25) is 5.95 Å². The smallest absolute Gasteiger partial charge is 0.255 e. The Morgan fingerprint density at radius 3 is 2.71 bits per heavy atom. The molecule has 0 spiro atoms. The number of rotatable bonds is 5. The van der Waals surface area contributed by atoms with Crippen molar-refractivity contribution in [1.82, 2.24) is 24.8 Å². The van der Waals surface area contributed by atoms with Crippen LogP contribution >= 0.6 is 11.6 Å². The van der Waals surface area contributed by atoms with Crippen LogP contribution in [0, 0.1) is 11.7 Å². The first-order chi connectivity index (χ1) is 15.0. The summed E-state index contributed by atoms with van der Waals surface area (Å²) >= 11 is 5.85. The molecular weight excluding hydrogens is 419 g/mol. The van der Waals surface area contributed by atoms with E-state index >= 15 is 0 Å². The van der Waals surface area contributed by atoms with Crippen molar-refractivity contribution in [2.75, 3.05) is 18.4 Å². The highest BCUT2D eigenvalue weighted by molar-refractivity contribution is 6.30. The van der Waals surface area contributed by atoms with Crippen molar-refractivity contribution in [2.24, 2.45) is 5.92 Å². The third-order valence-corrected chi connectivity index (χ3v) is 5.68. The minimum atomic E-state index is -0.475. The molecule has 0 aliphatic carbocycles. The lowest BCUT2D eigenvalue weighted by atomic mass is 9.89. The van der Waals surface area contributed by atoms with Crippen LogP contribution in [-0.4, -0.2) is 49.9 Å². The molecule has 1 aromatic carbocycles. The highest BCUT2D eigenvalue weighted by Gasteiger charge is 2.33. The number of hydrogen-bond acceptors (Lipinski definition) is 6. The topological polar surface area (TPSA) is 83.9 Å². The van der Waals surface area contributed by atoms with Gasteiger partial charge in [-0.2, -0.15) is 0 Å². The Morgan fingerprint density at radius 1 is 1.23 bits per heavy atom. The summed E-state index contributed by atoms with van der Waals surface area (Å²) in [5, 5.41) is 3.65. The monoisotopic (exact) mass is 440 g/mol. The van der Waals surface area contributed by atoms with Gasteiger partial charge in [0.25, 0.3) is 5.91 Å². The van der Waals surface area contributed by atoms with Gasteiger partial charge in [-0.3, -0.25) is 4.79 Å².